The van der Waals surface area contributed by atoms with E-state index in [0.29, 0.717) is 27.1 Å². The molecule has 0 aliphatic carbocycles. The van der Waals surface area contributed by atoms with Gasteiger partial charge in [0.2, 0.25) is 0 Å². The van der Waals surface area contributed by atoms with Gasteiger partial charge in [0.05, 0.1) is 34.5 Å². The summed E-state index contributed by atoms with van der Waals surface area (Å²) >= 11 is 0. The first-order valence-corrected chi connectivity index (χ1v) is 11.3. The molecule has 0 bridgehead atoms. The van der Waals surface area contributed by atoms with Gasteiger partial charge < -0.3 is 4.74 Å². The summed E-state index contributed by atoms with van der Waals surface area (Å²) in [6.45, 7) is 1.63. The number of rotatable bonds is 5. The standard InChI is InChI=1S/C24H20N2O4S/c1-3-31(28,29)19-10-8-17(9-11-19)16-4-6-18(7-5-16)23-14-20(24(27)30-2)21-15-25-13-12-22(21)26-23/h4-15H,3H2,1-2H3. The molecule has 4 aromatic rings. The number of ether oxygens (including phenoxy) is 1. The zero-order valence-corrected chi connectivity index (χ0v) is 17.9. The van der Waals surface area contributed by atoms with Crippen molar-refractivity contribution < 1.29 is 17.9 Å². The van der Waals surface area contributed by atoms with Crippen molar-refractivity contribution in [2.24, 2.45) is 0 Å². The van der Waals surface area contributed by atoms with Crippen molar-refractivity contribution in [3.63, 3.8) is 0 Å². The Kier molecular flexibility index (Phi) is 5.52. The van der Waals surface area contributed by atoms with Crippen LogP contribution in [-0.2, 0) is 14.6 Å². The van der Waals surface area contributed by atoms with Gasteiger partial charge in [0.15, 0.2) is 9.84 Å². The Labute approximate surface area is 180 Å². The van der Waals surface area contributed by atoms with Gasteiger partial charge in [-0.15, -0.1) is 0 Å². The van der Waals surface area contributed by atoms with Gasteiger partial charge in [0, 0.05) is 23.3 Å². The Morgan fingerprint density at radius 3 is 2.16 bits per heavy atom. The lowest BCUT2D eigenvalue weighted by molar-refractivity contribution is 0.0603. The summed E-state index contributed by atoms with van der Waals surface area (Å²) in [5.74, 6) is -0.371. The Bertz CT molecular complexity index is 1360. The molecule has 0 N–H and O–H groups in total. The molecule has 6 nitrogen and oxygen atoms in total. The maximum atomic E-state index is 12.2. The molecular weight excluding hydrogens is 412 g/mol. The third-order valence-corrected chi connectivity index (χ3v) is 6.87. The van der Waals surface area contributed by atoms with Crippen molar-refractivity contribution in [1.82, 2.24) is 9.97 Å². The maximum absolute atomic E-state index is 12.2. The molecule has 0 aliphatic heterocycles. The van der Waals surface area contributed by atoms with Crippen molar-refractivity contribution in [2.75, 3.05) is 12.9 Å². The van der Waals surface area contributed by atoms with Crippen LogP contribution in [0.4, 0.5) is 0 Å². The predicted octanol–water partition coefficient (Wildman–Crippen LogP) is 4.54. The SMILES string of the molecule is CCS(=O)(=O)c1ccc(-c2ccc(-c3cc(C(=O)OC)c4cnccc4n3)cc2)cc1. The number of carbonyl (C=O) groups is 1. The second-order valence-electron chi connectivity index (χ2n) is 6.94. The molecule has 0 saturated heterocycles. The van der Waals surface area contributed by atoms with Crippen LogP contribution in [0.15, 0.2) is 78.0 Å². The van der Waals surface area contributed by atoms with Crippen LogP contribution < -0.4 is 0 Å². The smallest absolute Gasteiger partial charge is 0.338 e. The third-order valence-electron chi connectivity index (χ3n) is 5.12. The van der Waals surface area contributed by atoms with Gasteiger partial charge in [-0.3, -0.25) is 4.98 Å². The summed E-state index contributed by atoms with van der Waals surface area (Å²) in [4.78, 5) is 21.3. The topological polar surface area (TPSA) is 86.2 Å². The number of esters is 1. The third kappa shape index (κ3) is 4.04. The lowest BCUT2D eigenvalue weighted by atomic mass is 10.0. The molecule has 7 heteroatoms. The van der Waals surface area contributed by atoms with E-state index in [-0.39, 0.29) is 5.75 Å². The van der Waals surface area contributed by atoms with Crippen molar-refractivity contribution in [2.45, 2.75) is 11.8 Å². The number of nitrogens with zero attached hydrogens (tertiary/aromatic N) is 2. The number of fused-ring (bicyclic) bond motifs is 1. The number of methoxy groups -OCH3 is 1. The molecule has 31 heavy (non-hydrogen) atoms. The van der Waals surface area contributed by atoms with Gasteiger partial charge in [0.1, 0.15) is 0 Å². The number of benzene rings is 2. The number of aromatic nitrogens is 2. The van der Waals surface area contributed by atoms with E-state index >= 15 is 0 Å². The normalized spacial score (nSPS) is 11.4. The minimum Gasteiger partial charge on any atom is -0.465 e. The van der Waals surface area contributed by atoms with E-state index < -0.39 is 15.8 Å². The first kappa shape index (κ1) is 20.7. The number of hydrogen-bond donors (Lipinski definition) is 0. The zero-order chi connectivity index (χ0) is 22.0. The summed E-state index contributed by atoms with van der Waals surface area (Å²) in [7, 11) is -1.88. The quantitative estimate of drug-likeness (QED) is 0.430. The van der Waals surface area contributed by atoms with E-state index in [9.17, 15) is 13.2 Å². The van der Waals surface area contributed by atoms with Gasteiger partial charge >= 0.3 is 5.97 Å². The summed E-state index contributed by atoms with van der Waals surface area (Å²) in [5, 5.41) is 0.636. The molecule has 0 fully saturated rings. The minimum atomic E-state index is -3.22. The number of sulfone groups is 1. The fraction of sp³-hybridized carbons (Fsp3) is 0.125. The first-order chi connectivity index (χ1) is 14.9. The van der Waals surface area contributed by atoms with Gasteiger partial charge in [-0.1, -0.05) is 43.3 Å². The fourth-order valence-corrected chi connectivity index (χ4v) is 4.23. The molecule has 0 atom stereocenters. The molecule has 0 spiro atoms. The maximum Gasteiger partial charge on any atom is 0.338 e. The minimum absolute atomic E-state index is 0.0728. The largest absolute Gasteiger partial charge is 0.465 e. The fourth-order valence-electron chi connectivity index (χ4n) is 3.35. The predicted molar refractivity (Wildman–Crippen MR) is 119 cm³/mol. The number of hydrogen-bond acceptors (Lipinski definition) is 6. The van der Waals surface area contributed by atoms with Crippen LogP contribution in [0.25, 0.3) is 33.3 Å². The molecular formula is C24H20N2O4S. The Morgan fingerprint density at radius 2 is 1.55 bits per heavy atom. The van der Waals surface area contributed by atoms with E-state index in [1.54, 1.807) is 55.7 Å². The molecule has 0 unspecified atom stereocenters. The highest BCUT2D eigenvalue weighted by atomic mass is 32.2. The lowest BCUT2D eigenvalue weighted by Crippen LogP contribution is -2.04. The van der Waals surface area contributed by atoms with Crippen LogP contribution in [-0.4, -0.2) is 37.2 Å². The van der Waals surface area contributed by atoms with Gasteiger partial charge in [-0.25, -0.2) is 18.2 Å². The van der Waals surface area contributed by atoms with Crippen molar-refractivity contribution in [3.05, 3.63) is 78.6 Å². The highest BCUT2D eigenvalue weighted by Crippen LogP contribution is 2.28. The monoisotopic (exact) mass is 432 g/mol. The molecule has 0 saturated carbocycles. The van der Waals surface area contributed by atoms with Gasteiger partial charge in [-0.05, 0) is 35.4 Å². The van der Waals surface area contributed by atoms with Crippen LogP contribution in [0.3, 0.4) is 0 Å². The Balaban J connectivity index is 1.70. The Hall–Kier alpha value is -3.58. The van der Waals surface area contributed by atoms with Gasteiger partial charge in [0.25, 0.3) is 0 Å². The van der Waals surface area contributed by atoms with E-state index in [1.165, 1.54) is 7.11 Å². The highest BCUT2D eigenvalue weighted by Gasteiger charge is 2.15. The van der Waals surface area contributed by atoms with E-state index in [1.807, 2.05) is 24.3 Å². The summed E-state index contributed by atoms with van der Waals surface area (Å²) in [5.41, 5.74) is 4.42. The summed E-state index contributed by atoms with van der Waals surface area (Å²) in [6.07, 6.45) is 3.23. The highest BCUT2D eigenvalue weighted by molar-refractivity contribution is 7.91. The molecule has 0 aliphatic rings. The van der Waals surface area contributed by atoms with Crippen molar-refractivity contribution in [3.8, 4) is 22.4 Å². The lowest BCUT2D eigenvalue weighted by Gasteiger charge is -2.09. The van der Waals surface area contributed by atoms with Crippen LogP contribution in [0, 0.1) is 0 Å². The second kappa shape index (κ2) is 8.28. The molecule has 0 radical (unpaired) electrons. The van der Waals surface area contributed by atoms with Crippen LogP contribution >= 0.6 is 0 Å². The molecule has 2 aromatic carbocycles. The zero-order valence-electron chi connectivity index (χ0n) is 17.1. The van der Waals surface area contributed by atoms with Gasteiger partial charge in [-0.2, -0.15) is 0 Å². The van der Waals surface area contributed by atoms with Crippen LogP contribution in [0.2, 0.25) is 0 Å². The number of carbonyl (C=O) groups excluding carboxylic acids is 1. The van der Waals surface area contributed by atoms with E-state index in [2.05, 4.69) is 9.97 Å². The van der Waals surface area contributed by atoms with E-state index in [0.717, 1.165) is 16.7 Å². The number of pyridine rings is 2. The molecule has 2 heterocycles. The van der Waals surface area contributed by atoms with Crippen molar-refractivity contribution >= 4 is 26.7 Å². The summed E-state index contributed by atoms with van der Waals surface area (Å²) < 4.78 is 28.9. The average Bonchev–Trinajstić information content (AvgIpc) is 2.83. The first-order valence-electron chi connectivity index (χ1n) is 9.69. The second-order valence-corrected chi connectivity index (χ2v) is 9.22. The van der Waals surface area contributed by atoms with Crippen molar-refractivity contribution in [1.29, 1.82) is 0 Å². The molecule has 2 aromatic heterocycles. The van der Waals surface area contributed by atoms with Crippen LogP contribution in [0.1, 0.15) is 17.3 Å². The molecule has 0 amide bonds. The van der Waals surface area contributed by atoms with E-state index in [4.69, 9.17) is 4.74 Å². The summed E-state index contributed by atoms with van der Waals surface area (Å²) in [6, 6.07) is 18.0. The molecule has 156 valence electrons. The molecule has 4 rings (SSSR count). The average molecular weight is 433 g/mol. The van der Waals surface area contributed by atoms with Crippen LogP contribution in [0.5, 0.6) is 0 Å². The Morgan fingerprint density at radius 1 is 0.935 bits per heavy atom.